The van der Waals surface area contributed by atoms with E-state index < -0.39 is 0 Å². The van der Waals surface area contributed by atoms with Crippen LogP contribution in [-0.2, 0) is 11.2 Å². The van der Waals surface area contributed by atoms with Crippen molar-refractivity contribution in [2.24, 2.45) is 0 Å². The Balaban J connectivity index is 1.59. The first-order valence-electron chi connectivity index (χ1n) is 7.02. The number of benzene rings is 1. The van der Waals surface area contributed by atoms with Crippen molar-refractivity contribution in [1.29, 1.82) is 0 Å². The summed E-state index contributed by atoms with van der Waals surface area (Å²) < 4.78 is 18.2. The molecule has 0 saturated heterocycles. The van der Waals surface area contributed by atoms with E-state index in [0.717, 1.165) is 12.1 Å². The molecule has 0 aliphatic heterocycles. The highest BCUT2D eigenvalue weighted by molar-refractivity contribution is 5.95. The van der Waals surface area contributed by atoms with Crippen LogP contribution in [0.4, 0.5) is 4.39 Å². The smallest absolute Gasteiger partial charge is 0.162 e. The van der Waals surface area contributed by atoms with E-state index in [9.17, 15) is 9.18 Å². The van der Waals surface area contributed by atoms with Gasteiger partial charge in [0.25, 0.3) is 0 Å². The lowest BCUT2D eigenvalue weighted by molar-refractivity contribution is 0.0939. The number of ketones is 1. The van der Waals surface area contributed by atoms with Crippen molar-refractivity contribution in [3.05, 3.63) is 65.7 Å². The Morgan fingerprint density at radius 3 is 2.62 bits per heavy atom. The van der Waals surface area contributed by atoms with Crippen LogP contribution < -0.4 is 0 Å². The molecule has 0 radical (unpaired) electrons. The van der Waals surface area contributed by atoms with Crippen LogP contribution in [0.1, 0.15) is 28.9 Å². The molecule has 21 heavy (non-hydrogen) atoms. The molecule has 0 saturated carbocycles. The van der Waals surface area contributed by atoms with Crippen LogP contribution in [0.5, 0.6) is 0 Å². The number of rotatable bonds is 8. The molecule has 0 fully saturated rings. The van der Waals surface area contributed by atoms with Crippen LogP contribution in [0, 0.1) is 5.82 Å². The Bertz CT molecular complexity index is 555. The second-order valence-corrected chi connectivity index (χ2v) is 4.72. The van der Waals surface area contributed by atoms with Crippen LogP contribution in [0.25, 0.3) is 0 Å². The van der Waals surface area contributed by atoms with Crippen molar-refractivity contribution >= 4 is 5.78 Å². The van der Waals surface area contributed by atoms with Gasteiger partial charge >= 0.3 is 0 Å². The molecule has 1 heterocycles. The average molecular weight is 287 g/mol. The summed E-state index contributed by atoms with van der Waals surface area (Å²) in [6.45, 7) is 1.14. The third-order valence-corrected chi connectivity index (χ3v) is 3.09. The Morgan fingerprint density at radius 1 is 1.10 bits per heavy atom. The number of carbonyl (C=O) groups is 1. The highest BCUT2D eigenvalue weighted by Crippen LogP contribution is 2.07. The maximum atomic E-state index is 12.7. The van der Waals surface area contributed by atoms with Crippen molar-refractivity contribution in [2.75, 3.05) is 13.2 Å². The predicted octanol–water partition coefficient (Wildman–Crippen LogP) is 3.44. The SMILES string of the molecule is O=C(CCCOCCc1ccccn1)c1ccc(F)cc1. The molecule has 1 aromatic carbocycles. The second-order valence-electron chi connectivity index (χ2n) is 4.72. The lowest BCUT2D eigenvalue weighted by Crippen LogP contribution is -2.05. The fourth-order valence-corrected chi connectivity index (χ4v) is 1.94. The monoisotopic (exact) mass is 287 g/mol. The van der Waals surface area contributed by atoms with E-state index in [1.54, 1.807) is 6.20 Å². The maximum absolute atomic E-state index is 12.7. The second kappa shape index (κ2) is 8.27. The van der Waals surface area contributed by atoms with Gasteiger partial charge in [0, 0.05) is 36.9 Å². The quantitative estimate of drug-likeness (QED) is 0.551. The first-order valence-corrected chi connectivity index (χ1v) is 7.02. The number of halogens is 1. The first kappa shape index (κ1) is 15.3. The Kier molecular flexibility index (Phi) is 6.03. The van der Waals surface area contributed by atoms with E-state index in [1.807, 2.05) is 18.2 Å². The molecule has 0 amide bonds. The Hall–Kier alpha value is -2.07. The molecule has 0 bridgehead atoms. The minimum absolute atomic E-state index is 0.0170. The number of ether oxygens (including phenoxy) is 1. The average Bonchev–Trinajstić information content (AvgIpc) is 2.52. The largest absolute Gasteiger partial charge is 0.381 e. The highest BCUT2D eigenvalue weighted by atomic mass is 19.1. The van der Waals surface area contributed by atoms with Crippen LogP contribution in [0.15, 0.2) is 48.7 Å². The summed E-state index contributed by atoms with van der Waals surface area (Å²) in [6, 6.07) is 11.4. The first-order chi connectivity index (χ1) is 10.3. The predicted molar refractivity (Wildman–Crippen MR) is 78.7 cm³/mol. The van der Waals surface area contributed by atoms with Crippen molar-refractivity contribution in [3.8, 4) is 0 Å². The summed E-state index contributed by atoms with van der Waals surface area (Å²) in [4.78, 5) is 16.0. The summed E-state index contributed by atoms with van der Waals surface area (Å²) >= 11 is 0. The molecule has 3 nitrogen and oxygen atoms in total. The van der Waals surface area contributed by atoms with E-state index in [-0.39, 0.29) is 11.6 Å². The third-order valence-electron chi connectivity index (χ3n) is 3.09. The molecular weight excluding hydrogens is 269 g/mol. The van der Waals surface area contributed by atoms with Gasteiger partial charge < -0.3 is 4.74 Å². The van der Waals surface area contributed by atoms with Crippen LogP contribution in [0.2, 0.25) is 0 Å². The molecule has 0 unspecified atom stereocenters. The van der Waals surface area contributed by atoms with Gasteiger partial charge in [0.2, 0.25) is 0 Å². The van der Waals surface area contributed by atoms with Gasteiger partial charge in [-0.2, -0.15) is 0 Å². The maximum Gasteiger partial charge on any atom is 0.162 e. The topological polar surface area (TPSA) is 39.2 Å². The molecule has 0 spiro atoms. The highest BCUT2D eigenvalue weighted by Gasteiger charge is 2.05. The number of hydrogen-bond donors (Lipinski definition) is 0. The molecule has 110 valence electrons. The molecule has 0 atom stereocenters. The molecular formula is C17H18FNO2. The standard InChI is InChI=1S/C17H18FNO2/c18-15-8-6-14(7-9-15)17(20)5-3-12-21-13-10-16-4-1-2-11-19-16/h1-2,4,6-9,11H,3,5,10,12-13H2. The number of carbonyl (C=O) groups excluding carboxylic acids is 1. The normalized spacial score (nSPS) is 10.5. The number of Topliss-reactive ketones (excluding diaryl/α,β-unsaturated/α-hetero) is 1. The fraction of sp³-hybridized carbons (Fsp3) is 0.294. The van der Waals surface area contributed by atoms with Gasteiger partial charge in [-0.15, -0.1) is 0 Å². The summed E-state index contributed by atoms with van der Waals surface area (Å²) in [5.74, 6) is -0.312. The van der Waals surface area contributed by atoms with Crippen LogP contribution in [-0.4, -0.2) is 24.0 Å². The fourth-order valence-electron chi connectivity index (χ4n) is 1.94. The summed E-state index contributed by atoms with van der Waals surface area (Å²) in [7, 11) is 0. The Morgan fingerprint density at radius 2 is 1.90 bits per heavy atom. The summed E-state index contributed by atoms with van der Waals surface area (Å²) in [6.07, 6.45) is 3.61. The van der Waals surface area contributed by atoms with E-state index in [2.05, 4.69) is 4.98 Å². The van der Waals surface area contributed by atoms with E-state index in [0.29, 0.717) is 31.6 Å². The van der Waals surface area contributed by atoms with E-state index in [1.165, 1.54) is 24.3 Å². The molecule has 0 aliphatic carbocycles. The molecule has 1 aromatic heterocycles. The zero-order chi connectivity index (χ0) is 14.9. The van der Waals surface area contributed by atoms with Crippen LogP contribution in [0.3, 0.4) is 0 Å². The number of pyridine rings is 1. The zero-order valence-corrected chi connectivity index (χ0v) is 11.8. The zero-order valence-electron chi connectivity index (χ0n) is 11.8. The number of nitrogens with zero attached hydrogens (tertiary/aromatic N) is 1. The van der Waals surface area contributed by atoms with E-state index >= 15 is 0 Å². The van der Waals surface area contributed by atoms with E-state index in [4.69, 9.17) is 4.74 Å². The summed E-state index contributed by atoms with van der Waals surface area (Å²) in [5, 5.41) is 0. The van der Waals surface area contributed by atoms with Crippen molar-refractivity contribution < 1.29 is 13.9 Å². The number of hydrogen-bond acceptors (Lipinski definition) is 3. The third kappa shape index (κ3) is 5.44. The minimum atomic E-state index is -0.329. The lowest BCUT2D eigenvalue weighted by atomic mass is 10.1. The van der Waals surface area contributed by atoms with Crippen molar-refractivity contribution in [1.82, 2.24) is 4.98 Å². The van der Waals surface area contributed by atoms with Gasteiger partial charge in [-0.3, -0.25) is 9.78 Å². The molecule has 2 rings (SSSR count). The minimum Gasteiger partial charge on any atom is -0.381 e. The van der Waals surface area contributed by atoms with Crippen LogP contribution >= 0.6 is 0 Å². The van der Waals surface area contributed by atoms with Gasteiger partial charge in [0.1, 0.15) is 5.82 Å². The molecule has 0 aliphatic rings. The number of aromatic nitrogens is 1. The molecule has 0 N–H and O–H groups in total. The van der Waals surface area contributed by atoms with Gasteiger partial charge in [-0.25, -0.2) is 4.39 Å². The summed E-state index contributed by atoms with van der Waals surface area (Å²) in [5.41, 5.74) is 1.55. The van der Waals surface area contributed by atoms with Gasteiger partial charge in [0.05, 0.1) is 6.61 Å². The van der Waals surface area contributed by atoms with Gasteiger partial charge in [-0.05, 0) is 42.8 Å². The van der Waals surface area contributed by atoms with Gasteiger partial charge in [0.15, 0.2) is 5.78 Å². The Labute approximate surface area is 123 Å². The molecule has 4 heteroatoms. The van der Waals surface area contributed by atoms with Gasteiger partial charge in [-0.1, -0.05) is 6.07 Å². The lowest BCUT2D eigenvalue weighted by Gasteiger charge is -2.04. The van der Waals surface area contributed by atoms with Crippen molar-refractivity contribution in [3.63, 3.8) is 0 Å². The molecule has 2 aromatic rings. The van der Waals surface area contributed by atoms with Crippen molar-refractivity contribution in [2.45, 2.75) is 19.3 Å².